The van der Waals surface area contributed by atoms with Gasteiger partial charge in [-0.05, 0) is 6.07 Å². The van der Waals surface area contributed by atoms with E-state index in [9.17, 15) is 23.1 Å². The molecule has 112 valence electrons. The smallest absolute Gasteiger partial charge is 0.418 e. The number of fused-ring (bicyclic) bond motifs is 1. The molecule has 0 unspecified atom stereocenters. The molecule has 0 radical (unpaired) electrons. The highest BCUT2D eigenvalue weighted by Gasteiger charge is 2.34. The summed E-state index contributed by atoms with van der Waals surface area (Å²) in [5.74, 6) is -1.50. The lowest BCUT2D eigenvalue weighted by atomic mass is 10.1. The SMILES string of the molecule is CC(C)C(=O)N=Nc1c(O)[nH]c2c(C(F)(F)F)cccc12. The predicted molar refractivity (Wildman–Crippen MR) is 69.3 cm³/mol. The van der Waals surface area contributed by atoms with Crippen LogP contribution in [0.1, 0.15) is 19.4 Å². The quantitative estimate of drug-likeness (QED) is 0.817. The first-order chi connectivity index (χ1) is 9.71. The van der Waals surface area contributed by atoms with Crippen LogP contribution in [0.15, 0.2) is 28.4 Å². The molecule has 21 heavy (non-hydrogen) atoms. The van der Waals surface area contributed by atoms with Crippen LogP contribution in [-0.4, -0.2) is 16.0 Å². The Kier molecular flexibility index (Phi) is 3.71. The van der Waals surface area contributed by atoms with Gasteiger partial charge < -0.3 is 10.1 Å². The first kappa shape index (κ1) is 15.0. The Hall–Kier alpha value is -2.38. The maximum absolute atomic E-state index is 12.9. The van der Waals surface area contributed by atoms with Crippen LogP contribution in [0.25, 0.3) is 10.9 Å². The topological polar surface area (TPSA) is 77.8 Å². The summed E-state index contributed by atoms with van der Waals surface area (Å²) in [6.45, 7) is 3.22. The summed E-state index contributed by atoms with van der Waals surface area (Å²) in [4.78, 5) is 13.6. The van der Waals surface area contributed by atoms with E-state index in [0.29, 0.717) is 0 Å². The number of carbonyl (C=O) groups is 1. The minimum Gasteiger partial charge on any atom is -0.493 e. The number of amides is 1. The Bertz CT molecular complexity index is 717. The van der Waals surface area contributed by atoms with Gasteiger partial charge in [-0.3, -0.25) is 4.79 Å². The number of para-hydroxylation sites is 1. The highest BCUT2D eigenvalue weighted by molar-refractivity contribution is 5.96. The number of aromatic nitrogens is 1. The van der Waals surface area contributed by atoms with Gasteiger partial charge in [-0.15, -0.1) is 10.2 Å². The number of hydrogen-bond donors (Lipinski definition) is 2. The summed E-state index contributed by atoms with van der Waals surface area (Å²) in [5.41, 5.74) is -1.41. The highest BCUT2D eigenvalue weighted by atomic mass is 19.4. The monoisotopic (exact) mass is 299 g/mol. The molecule has 0 spiro atoms. The summed E-state index contributed by atoms with van der Waals surface area (Å²) in [6, 6.07) is 3.44. The number of aromatic amines is 1. The molecule has 0 aliphatic rings. The number of benzene rings is 1. The molecule has 2 rings (SSSR count). The molecular formula is C13H12F3N3O2. The molecule has 2 N–H and O–H groups in total. The van der Waals surface area contributed by atoms with E-state index in [2.05, 4.69) is 15.2 Å². The van der Waals surface area contributed by atoms with E-state index < -0.39 is 29.4 Å². The lowest BCUT2D eigenvalue weighted by Gasteiger charge is -2.06. The zero-order chi connectivity index (χ0) is 15.8. The Labute approximate surface area is 117 Å². The summed E-state index contributed by atoms with van der Waals surface area (Å²) in [7, 11) is 0. The molecule has 1 amide bonds. The van der Waals surface area contributed by atoms with E-state index in [1.807, 2.05) is 0 Å². The van der Waals surface area contributed by atoms with Gasteiger partial charge in [0.1, 0.15) is 0 Å². The standard InChI is InChI=1S/C13H12F3N3O2/c1-6(2)11(20)19-18-10-7-4-3-5-8(13(14,15)16)9(7)17-12(10)21/h3-6,17,21H,1-2H3. The zero-order valence-corrected chi connectivity index (χ0v) is 11.2. The second kappa shape index (κ2) is 5.19. The van der Waals surface area contributed by atoms with Gasteiger partial charge in [-0.1, -0.05) is 26.0 Å². The van der Waals surface area contributed by atoms with E-state index in [1.54, 1.807) is 13.8 Å². The van der Waals surface area contributed by atoms with E-state index in [4.69, 9.17) is 0 Å². The van der Waals surface area contributed by atoms with Crippen molar-refractivity contribution in [2.24, 2.45) is 16.1 Å². The zero-order valence-electron chi connectivity index (χ0n) is 11.2. The normalized spacial score (nSPS) is 12.7. The molecule has 1 aromatic carbocycles. The predicted octanol–water partition coefficient (Wildman–Crippen LogP) is 4.16. The minimum absolute atomic E-state index is 0.0441. The maximum atomic E-state index is 12.9. The van der Waals surface area contributed by atoms with E-state index in [0.717, 1.165) is 6.07 Å². The Morgan fingerprint density at radius 2 is 2.00 bits per heavy atom. The Morgan fingerprint density at radius 1 is 1.33 bits per heavy atom. The number of aromatic hydroxyl groups is 1. The fraction of sp³-hybridized carbons (Fsp3) is 0.308. The van der Waals surface area contributed by atoms with Crippen LogP contribution in [-0.2, 0) is 11.0 Å². The molecule has 0 saturated heterocycles. The van der Waals surface area contributed by atoms with Gasteiger partial charge in [0.25, 0.3) is 5.91 Å². The second-order valence-corrected chi connectivity index (χ2v) is 4.74. The van der Waals surface area contributed by atoms with E-state index in [1.165, 1.54) is 12.1 Å². The van der Waals surface area contributed by atoms with Crippen LogP contribution < -0.4 is 0 Å². The van der Waals surface area contributed by atoms with Gasteiger partial charge >= 0.3 is 6.18 Å². The van der Waals surface area contributed by atoms with Crippen molar-refractivity contribution in [1.82, 2.24) is 4.98 Å². The lowest BCUT2D eigenvalue weighted by molar-refractivity contribution is -0.136. The van der Waals surface area contributed by atoms with E-state index >= 15 is 0 Å². The van der Waals surface area contributed by atoms with Crippen LogP contribution in [0, 0.1) is 5.92 Å². The molecule has 0 aliphatic heterocycles. The fourth-order valence-electron chi connectivity index (χ4n) is 1.74. The van der Waals surface area contributed by atoms with E-state index in [-0.39, 0.29) is 16.6 Å². The van der Waals surface area contributed by atoms with Crippen LogP contribution in [0.3, 0.4) is 0 Å². The Morgan fingerprint density at radius 3 is 2.57 bits per heavy atom. The van der Waals surface area contributed by atoms with Crippen molar-refractivity contribution in [3.63, 3.8) is 0 Å². The number of alkyl halides is 3. The number of carbonyl (C=O) groups excluding carboxylic acids is 1. The number of nitrogens with zero attached hydrogens (tertiary/aromatic N) is 2. The number of hydrogen-bond acceptors (Lipinski definition) is 3. The van der Waals surface area contributed by atoms with Gasteiger partial charge in [0.2, 0.25) is 5.88 Å². The minimum atomic E-state index is -4.57. The lowest BCUT2D eigenvalue weighted by Crippen LogP contribution is -2.05. The van der Waals surface area contributed by atoms with Crippen molar-refractivity contribution in [2.45, 2.75) is 20.0 Å². The highest BCUT2D eigenvalue weighted by Crippen LogP contribution is 2.41. The largest absolute Gasteiger partial charge is 0.493 e. The summed E-state index contributed by atoms with van der Waals surface area (Å²) >= 11 is 0. The van der Waals surface area contributed by atoms with Gasteiger partial charge in [0, 0.05) is 11.3 Å². The number of halogens is 3. The molecule has 0 bridgehead atoms. The van der Waals surface area contributed by atoms with Crippen molar-refractivity contribution >= 4 is 22.5 Å². The third kappa shape index (κ3) is 2.88. The molecular weight excluding hydrogens is 287 g/mol. The van der Waals surface area contributed by atoms with Crippen LogP contribution in [0.5, 0.6) is 5.88 Å². The van der Waals surface area contributed by atoms with Crippen molar-refractivity contribution in [2.75, 3.05) is 0 Å². The number of rotatable bonds is 2. The third-order valence-electron chi connectivity index (χ3n) is 2.84. The Balaban J connectivity index is 2.57. The van der Waals surface area contributed by atoms with Crippen LogP contribution in [0.2, 0.25) is 0 Å². The molecule has 8 heteroatoms. The van der Waals surface area contributed by atoms with Gasteiger partial charge in [-0.2, -0.15) is 13.2 Å². The van der Waals surface area contributed by atoms with Gasteiger partial charge in [-0.25, -0.2) is 0 Å². The average molecular weight is 299 g/mol. The molecule has 0 atom stereocenters. The summed E-state index contributed by atoms with van der Waals surface area (Å²) in [5, 5.41) is 16.7. The van der Waals surface area contributed by atoms with Gasteiger partial charge in [0.05, 0.1) is 11.1 Å². The van der Waals surface area contributed by atoms with Crippen LogP contribution in [0.4, 0.5) is 18.9 Å². The number of H-pyrrole nitrogens is 1. The summed E-state index contributed by atoms with van der Waals surface area (Å²) in [6.07, 6.45) is -4.57. The van der Waals surface area contributed by atoms with Crippen LogP contribution >= 0.6 is 0 Å². The molecule has 2 aromatic rings. The third-order valence-corrected chi connectivity index (χ3v) is 2.84. The molecule has 0 aliphatic carbocycles. The second-order valence-electron chi connectivity index (χ2n) is 4.74. The summed E-state index contributed by atoms with van der Waals surface area (Å²) < 4.78 is 38.6. The van der Waals surface area contributed by atoms with Crippen molar-refractivity contribution in [1.29, 1.82) is 0 Å². The molecule has 1 heterocycles. The first-order valence-corrected chi connectivity index (χ1v) is 6.08. The van der Waals surface area contributed by atoms with Crippen molar-refractivity contribution in [3.8, 4) is 5.88 Å². The molecule has 5 nitrogen and oxygen atoms in total. The van der Waals surface area contributed by atoms with Gasteiger partial charge in [0.15, 0.2) is 5.69 Å². The molecule has 0 saturated carbocycles. The fourth-order valence-corrected chi connectivity index (χ4v) is 1.74. The number of azo groups is 1. The maximum Gasteiger partial charge on any atom is 0.418 e. The molecule has 1 aromatic heterocycles. The number of nitrogens with one attached hydrogen (secondary N) is 1. The van der Waals surface area contributed by atoms with Crippen molar-refractivity contribution in [3.05, 3.63) is 23.8 Å². The molecule has 0 fully saturated rings. The first-order valence-electron chi connectivity index (χ1n) is 6.08. The average Bonchev–Trinajstić information content (AvgIpc) is 2.69. The van der Waals surface area contributed by atoms with Crippen molar-refractivity contribution < 1.29 is 23.1 Å².